The number of nitro groups is 1. The fourth-order valence-electron chi connectivity index (χ4n) is 1.29. The minimum absolute atomic E-state index is 0.0216. The van der Waals surface area contributed by atoms with Crippen LogP contribution >= 0.6 is 0 Å². The zero-order valence-electron chi connectivity index (χ0n) is 8.06. The van der Waals surface area contributed by atoms with Crippen LogP contribution < -0.4 is 10.5 Å². The molecule has 1 aromatic rings. The lowest BCUT2D eigenvalue weighted by Gasteiger charge is -2.07. The molecular formula is C9H9N3O3. The topological polar surface area (TPSA) is 102 Å². The van der Waals surface area contributed by atoms with E-state index in [1.165, 1.54) is 19.2 Å². The number of benzene rings is 1. The standard InChI is InChI=1S/C9H9N3O3/c1-15-9-3-2-8(12(13)14)6(4-10)7(9)5-11/h2-3H,5,11H2,1H3. The fourth-order valence-corrected chi connectivity index (χ4v) is 1.29. The van der Waals surface area contributed by atoms with Gasteiger partial charge in [-0.3, -0.25) is 10.1 Å². The molecule has 6 nitrogen and oxygen atoms in total. The van der Waals surface area contributed by atoms with Crippen LogP contribution in [-0.4, -0.2) is 12.0 Å². The molecule has 1 rings (SSSR count). The van der Waals surface area contributed by atoms with Gasteiger partial charge in [-0.25, -0.2) is 0 Å². The highest BCUT2D eigenvalue weighted by Gasteiger charge is 2.20. The molecule has 6 heteroatoms. The highest BCUT2D eigenvalue weighted by Crippen LogP contribution is 2.29. The highest BCUT2D eigenvalue weighted by atomic mass is 16.6. The first-order chi connectivity index (χ1) is 7.15. The van der Waals surface area contributed by atoms with Gasteiger partial charge in [-0.05, 0) is 6.07 Å². The molecule has 0 radical (unpaired) electrons. The molecule has 0 aliphatic carbocycles. The number of methoxy groups -OCH3 is 1. The third-order valence-electron chi connectivity index (χ3n) is 1.98. The summed E-state index contributed by atoms with van der Waals surface area (Å²) < 4.78 is 4.96. The Hall–Kier alpha value is -2.13. The number of ether oxygens (including phenoxy) is 1. The van der Waals surface area contributed by atoms with E-state index < -0.39 is 4.92 Å². The van der Waals surface area contributed by atoms with E-state index in [1.807, 2.05) is 0 Å². The second-order valence-corrected chi connectivity index (χ2v) is 2.71. The van der Waals surface area contributed by atoms with Gasteiger partial charge in [0, 0.05) is 18.2 Å². The summed E-state index contributed by atoms with van der Waals surface area (Å²) in [5.74, 6) is 0.389. The minimum Gasteiger partial charge on any atom is -0.496 e. The molecule has 0 spiro atoms. The van der Waals surface area contributed by atoms with Crippen LogP contribution in [0.25, 0.3) is 0 Å². The van der Waals surface area contributed by atoms with Crippen molar-refractivity contribution in [1.29, 1.82) is 5.26 Å². The van der Waals surface area contributed by atoms with Gasteiger partial charge in [0.05, 0.1) is 12.0 Å². The van der Waals surface area contributed by atoms with Crippen molar-refractivity contribution in [2.24, 2.45) is 5.73 Å². The zero-order valence-corrected chi connectivity index (χ0v) is 8.06. The Bertz CT molecular complexity index is 437. The molecule has 0 bridgehead atoms. The summed E-state index contributed by atoms with van der Waals surface area (Å²) in [6, 6.07) is 4.43. The molecule has 2 N–H and O–H groups in total. The van der Waals surface area contributed by atoms with Gasteiger partial charge in [0.25, 0.3) is 5.69 Å². The van der Waals surface area contributed by atoms with E-state index in [1.54, 1.807) is 6.07 Å². The first-order valence-electron chi connectivity index (χ1n) is 4.10. The molecule has 0 aliphatic heterocycles. The maximum atomic E-state index is 10.6. The Balaban J connectivity index is 3.50. The van der Waals surface area contributed by atoms with Gasteiger partial charge >= 0.3 is 0 Å². The Labute approximate surface area is 86.0 Å². The van der Waals surface area contributed by atoms with Crippen LogP contribution in [0.2, 0.25) is 0 Å². The van der Waals surface area contributed by atoms with Crippen LogP contribution in [0.5, 0.6) is 5.75 Å². The molecule has 15 heavy (non-hydrogen) atoms. The van der Waals surface area contributed by atoms with E-state index in [-0.39, 0.29) is 17.8 Å². The van der Waals surface area contributed by atoms with Gasteiger partial charge in [0.2, 0.25) is 0 Å². The number of nitrogens with zero attached hydrogens (tertiary/aromatic N) is 2. The van der Waals surface area contributed by atoms with E-state index in [9.17, 15) is 10.1 Å². The molecule has 0 amide bonds. The maximum Gasteiger partial charge on any atom is 0.287 e. The number of rotatable bonds is 3. The lowest BCUT2D eigenvalue weighted by Crippen LogP contribution is -2.05. The number of nitrogens with two attached hydrogens (primary N) is 1. The summed E-state index contributed by atoms with van der Waals surface area (Å²) in [7, 11) is 1.42. The summed E-state index contributed by atoms with van der Waals surface area (Å²) in [5.41, 5.74) is 5.48. The third-order valence-corrected chi connectivity index (χ3v) is 1.98. The van der Waals surface area contributed by atoms with Gasteiger partial charge in [-0.15, -0.1) is 0 Å². The summed E-state index contributed by atoms with van der Waals surface area (Å²) >= 11 is 0. The highest BCUT2D eigenvalue weighted by molar-refractivity contribution is 5.58. The largest absolute Gasteiger partial charge is 0.496 e. The van der Waals surface area contributed by atoms with Gasteiger partial charge in [0.1, 0.15) is 17.4 Å². The molecule has 0 aromatic heterocycles. The quantitative estimate of drug-likeness (QED) is 0.586. The van der Waals surface area contributed by atoms with E-state index in [4.69, 9.17) is 15.7 Å². The molecule has 1 aromatic carbocycles. The lowest BCUT2D eigenvalue weighted by molar-refractivity contribution is -0.385. The minimum atomic E-state index is -0.614. The van der Waals surface area contributed by atoms with Crippen LogP contribution in [-0.2, 0) is 6.54 Å². The fraction of sp³-hybridized carbons (Fsp3) is 0.222. The van der Waals surface area contributed by atoms with Gasteiger partial charge in [-0.1, -0.05) is 0 Å². The Morgan fingerprint density at radius 2 is 2.33 bits per heavy atom. The number of hydrogen-bond donors (Lipinski definition) is 1. The molecule has 0 fully saturated rings. The number of nitro benzene ring substituents is 1. The first-order valence-corrected chi connectivity index (χ1v) is 4.10. The zero-order chi connectivity index (χ0) is 11.4. The summed E-state index contributed by atoms with van der Waals surface area (Å²) in [5, 5.41) is 19.5. The lowest BCUT2D eigenvalue weighted by atomic mass is 10.1. The van der Waals surface area contributed by atoms with E-state index in [0.29, 0.717) is 11.3 Å². The number of nitriles is 1. The SMILES string of the molecule is COc1ccc([N+](=O)[O-])c(C#N)c1CN. The van der Waals surface area contributed by atoms with Crippen LogP contribution in [0.3, 0.4) is 0 Å². The molecule has 0 heterocycles. The van der Waals surface area contributed by atoms with Crippen LogP contribution in [0, 0.1) is 21.4 Å². The molecule has 0 saturated heterocycles. The summed E-state index contributed by atoms with van der Waals surface area (Å²) in [4.78, 5) is 10.0. The van der Waals surface area contributed by atoms with Crippen molar-refractivity contribution in [3.8, 4) is 11.8 Å². The van der Waals surface area contributed by atoms with E-state index in [0.717, 1.165) is 0 Å². The Kier molecular flexibility index (Phi) is 3.21. The first kappa shape index (κ1) is 10.9. The van der Waals surface area contributed by atoms with Crippen molar-refractivity contribution >= 4 is 5.69 Å². The van der Waals surface area contributed by atoms with Gasteiger partial charge < -0.3 is 10.5 Å². The van der Waals surface area contributed by atoms with Gasteiger partial charge in [0.15, 0.2) is 0 Å². The van der Waals surface area contributed by atoms with Gasteiger partial charge in [-0.2, -0.15) is 5.26 Å². The van der Waals surface area contributed by atoms with Crippen LogP contribution in [0.15, 0.2) is 12.1 Å². The molecule has 0 aliphatic rings. The van der Waals surface area contributed by atoms with Crippen LogP contribution in [0.4, 0.5) is 5.69 Å². The predicted octanol–water partition coefficient (Wildman–Crippen LogP) is 0.934. The second-order valence-electron chi connectivity index (χ2n) is 2.71. The Morgan fingerprint density at radius 1 is 1.67 bits per heavy atom. The second kappa shape index (κ2) is 4.39. The van der Waals surface area contributed by atoms with Crippen molar-refractivity contribution in [3.05, 3.63) is 33.4 Å². The summed E-state index contributed by atoms with van der Waals surface area (Å²) in [6.07, 6.45) is 0. The maximum absolute atomic E-state index is 10.6. The third kappa shape index (κ3) is 1.87. The van der Waals surface area contributed by atoms with E-state index in [2.05, 4.69) is 0 Å². The van der Waals surface area contributed by atoms with Crippen LogP contribution in [0.1, 0.15) is 11.1 Å². The normalized spacial score (nSPS) is 9.40. The molecule has 0 unspecified atom stereocenters. The van der Waals surface area contributed by atoms with Crippen molar-refractivity contribution in [2.45, 2.75) is 6.54 Å². The molecule has 0 atom stereocenters. The van der Waals surface area contributed by atoms with Crippen molar-refractivity contribution in [2.75, 3.05) is 7.11 Å². The average molecular weight is 207 g/mol. The van der Waals surface area contributed by atoms with E-state index >= 15 is 0 Å². The predicted molar refractivity (Wildman–Crippen MR) is 52.3 cm³/mol. The molecule has 78 valence electrons. The molecular weight excluding hydrogens is 198 g/mol. The average Bonchev–Trinajstić information content (AvgIpc) is 2.26. The smallest absolute Gasteiger partial charge is 0.287 e. The van der Waals surface area contributed by atoms with Crippen molar-refractivity contribution in [1.82, 2.24) is 0 Å². The number of hydrogen-bond acceptors (Lipinski definition) is 5. The Morgan fingerprint density at radius 3 is 2.73 bits per heavy atom. The monoisotopic (exact) mass is 207 g/mol. The van der Waals surface area contributed by atoms with Crippen molar-refractivity contribution < 1.29 is 9.66 Å². The summed E-state index contributed by atoms with van der Waals surface area (Å²) in [6.45, 7) is 0.0216. The molecule has 0 saturated carbocycles. The van der Waals surface area contributed by atoms with Crippen molar-refractivity contribution in [3.63, 3.8) is 0 Å².